The number of nitrogens with zero attached hydrogens (tertiary/aromatic N) is 3. The van der Waals surface area contributed by atoms with Crippen LogP contribution in [0.1, 0.15) is 27.2 Å². The molecule has 0 aromatic heterocycles. The molecule has 2 heterocycles. The van der Waals surface area contributed by atoms with Crippen molar-refractivity contribution in [2.45, 2.75) is 33.3 Å². The minimum atomic E-state index is -3.22. The van der Waals surface area contributed by atoms with Crippen LogP contribution < -0.4 is 0 Å². The van der Waals surface area contributed by atoms with Crippen LogP contribution in [-0.2, 0) is 14.8 Å². The van der Waals surface area contributed by atoms with Gasteiger partial charge in [-0.3, -0.25) is 9.69 Å². The van der Waals surface area contributed by atoms with Crippen LogP contribution in [0, 0.1) is 5.41 Å². The van der Waals surface area contributed by atoms with Gasteiger partial charge in [-0.2, -0.15) is 4.31 Å². The van der Waals surface area contributed by atoms with Crippen LogP contribution in [-0.4, -0.2) is 91.2 Å². The predicted octanol–water partition coefficient (Wildman–Crippen LogP) is -0.427. The lowest BCUT2D eigenvalue weighted by Crippen LogP contribution is -2.53. The average Bonchev–Trinajstić information content (AvgIpc) is 2.77. The number of amides is 1. The summed E-state index contributed by atoms with van der Waals surface area (Å²) in [6, 6.07) is 0. The Kier molecular flexibility index (Phi) is 5.71. The van der Waals surface area contributed by atoms with Crippen molar-refractivity contribution in [3.05, 3.63) is 0 Å². The highest BCUT2D eigenvalue weighted by Crippen LogP contribution is 2.20. The van der Waals surface area contributed by atoms with E-state index in [1.54, 1.807) is 4.90 Å². The first-order chi connectivity index (χ1) is 10.6. The van der Waals surface area contributed by atoms with Crippen molar-refractivity contribution in [2.75, 3.05) is 51.6 Å². The fourth-order valence-corrected chi connectivity index (χ4v) is 4.28. The molecule has 134 valence electrons. The van der Waals surface area contributed by atoms with Gasteiger partial charge < -0.3 is 10.0 Å². The number of piperazine rings is 1. The molecular weight excluding hydrogens is 318 g/mol. The second-order valence-electron chi connectivity index (χ2n) is 7.57. The van der Waals surface area contributed by atoms with Crippen molar-refractivity contribution in [1.29, 1.82) is 0 Å². The van der Waals surface area contributed by atoms with Crippen molar-refractivity contribution in [3.63, 3.8) is 0 Å². The minimum Gasteiger partial charge on any atom is -0.391 e. The van der Waals surface area contributed by atoms with Gasteiger partial charge in [-0.15, -0.1) is 0 Å². The van der Waals surface area contributed by atoms with E-state index in [-0.39, 0.29) is 23.6 Å². The summed E-state index contributed by atoms with van der Waals surface area (Å²) in [7, 11) is -3.22. The zero-order chi connectivity index (χ0) is 17.3. The molecule has 2 saturated heterocycles. The summed E-state index contributed by atoms with van der Waals surface area (Å²) < 4.78 is 24.8. The highest BCUT2D eigenvalue weighted by molar-refractivity contribution is 7.89. The van der Waals surface area contributed by atoms with Gasteiger partial charge in [0.2, 0.25) is 15.9 Å². The molecule has 0 spiro atoms. The second-order valence-corrected chi connectivity index (χ2v) is 9.65. The third kappa shape index (κ3) is 4.89. The Hall–Kier alpha value is -0.700. The first kappa shape index (κ1) is 18.6. The number of carbonyl (C=O) groups excluding carboxylic acids is 1. The molecule has 0 saturated carbocycles. The molecule has 1 unspecified atom stereocenters. The van der Waals surface area contributed by atoms with Gasteiger partial charge in [0.25, 0.3) is 0 Å². The fraction of sp³-hybridized carbons (Fsp3) is 0.933. The lowest BCUT2D eigenvalue weighted by Gasteiger charge is -2.38. The van der Waals surface area contributed by atoms with E-state index in [9.17, 15) is 18.3 Å². The zero-order valence-electron chi connectivity index (χ0n) is 14.4. The number of aliphatic hydroxyl groups is 1. The Balaban J connectivity index is 1.79. The molecule has 1 N–H and O–H groups in total. The zero-order valence-corrected chi connectivity index (χ0v) is 15.2. The Labute approximate surface area is 139 Å². The van der Waals surface area contributed by atoms with Gasteiger partial charge in [-0.1, -0.05) is 20.8 Å². The van der Waals surface area contributed by atoms with Crippen LogP contribution in [0.2, 0.25) is 0 Å². The molecule has 8 heteroatoms. The van der Waals surface area contributed by atoms with Crippen LogP contribution in [0.5, 0.6) is 0 Å². The smallest absolute Gasteiger partial charge is 0.237 e. The summed E-state index contributed by atoms with van der Waals surface area (Å²) in [5.74, 6) is 0.0326. The summed E-state index contributed by atoms with van der Waals surface area (Å²) in [6.07, 6.45) is 0.202. The van der Waals surface area contributed by atoms with Gasteiger partial charge in [-0.05, 0) is 11.8 Å². The molecule has 7 nitrogen and oxygen atoms in total. The quantitative estimate of drug-likeness (QED) is 0.747. The largest absolute Gasteiger partial charge is 0.391 e. The SMILES string of the molecule is CC(C)(C)C(O)CN1CCN(C(=O)CN2CCCS2(=O)=O)CC1. The first-order valence-corrected chi connectivity index (χ1v) is 9.86. The summed E-state index contributed by atoms with van der Waals surface area (Å²) >= 11 is 0. The van der Waals surface area contributed by atoms with E-state index in [1.165, 1.54) is 4.31 Å². The van der Waals surface area contributed by atoms with Crippen molar-refractivity contribution < 1.29 is 18.3 Å². The van der Waals surface area contributed by atoms with Crippen molar-refractivity contribution in [1.82, 2.24) is 14.1 Å². The van der Waals surface area contributed by atoms with Crippen LogP contribution in [0.4, 0.5) is 0 Å². The molecule has 0 aromatic rings. The minimum absolute atomic E-state index is 0.0348. The number of aliphatic hydroxyl groups excluding tert-OH is 1. The van der Waals surface area contributed by atoms with E-state index in [1.807, 2.05) is 20.8 Å². The maximum Gasteiger partial charge on any atom is 0.237 e. The van der Waals surface area contributed by atoms with Crippen molar-refractivity contribution in [2.24, 2.45) is 5.41 Å². The maximum atomic E-state index is 12.3. The standard InChI is InChI=1S/C15H29N3O4S/c1-15(2,3)13(19)11-16-6-8-17(9-7-16)14(20)12-18-5-4-10-23(18,21)22/h13,19H,4-12H2,1-3H3. The van der Waals surface area contributed by atoms with Gasteiger partial charge in [0.05, 0.1) is 18.4 Å². The highest BCUT2D eigenvalue weighted by Gasteiger charge is 2.32. The van der Waals surface area contributed by atoms with E-state index in [0.717, 1.165) is 0 Å². The van der Waals surface area contributed by atoms with Crippen molar-refractivity contribution >= 4 is 15.9 Å². The molecule has 2 aliphatic heterocycles. The molecule has 2 fully saturated rings. The number of β-amino-alcohol motifs (C(OH)–C–C–N with tert-alkyl or cyclic N) is 1. The third-order valence-corrected chi connectivity index (χ3v) is 6.57. The molecule has 2 aliphatic rings. The molecule has 0 aliphatic carbocycles. The summed E-state index contributed by atoms with van der Waals surface area (Å²) in [5.41, 5.74) is -0.156. The summed E-state index contributed by atoms with van der Waals surface area (Å²) in [6.45, 7) is 9.64. The summed E-state index contributed by atoms with van der Waals surface area (Å²) in [4.78, 5) is 16.2. The lowest BCUT2D eigenvalue weighted by atomic mass is 9.89. The topological polar surface area (TPSA) is 81.2 Å². The highest BCUT2D eigenvalue weighted by atomic mass is 32.2. The molecule has 0 bridgehead atoms. The Bertz CT molecular complexity index is 521. The third-order valence-electron chi connectivity index (χ3n) is 4.67. The van der Waals surface area contributed by atoms with Crippen LogP contribution >= 0.6 is 0 Å². The molecule has 0 radical (unpaired) electrons. The Morgan fingerprint density at radius 3 is 2.22 bits per heavy atom. The average molecular weight is 347 g/mol. The molecule has 0 aromatic carbocycles. The van der Waals surface area contributed by atoms with Gasteiger partial charge in [0, 0.05) is 39.3 Å². The lowest BCUT2D eigenvalue weighted by molar-refractivity contribution is -0.133. The van der Waals surface area contributed by atoms with Crippen LogP contribution in [0.15, 0.2) is 0 Å². The number of hydrogen-bond acceptors (Lipinski definition) is 5. The number of sulfonamides is 1. The van der Waals surface area contributed by atoms with Crippen LogP contribution in [0.25, 0.3) is 0 Å². The van der Waals surface area contributed by atoms with E-state index in [0.29, 0.717) is 45.7 Å². The number of carbonyl (C=O) groups is 1. The molecular formula is C15H29N3O4S. The second kappa shape index (κ2) is 7.04. The monoisotopic (exact) mass is 347 g/mol. The van der Waals surface area contributed by atoms with E-state index in [2.05, 4.69) is 4.90 Å². The fourth-order valence-electron chi connectivity index (χ4n) is 2.82. The molecule has 2 rings (SSSR count). The summed E-state index contributed by atoms with van der Waals surface area (Å²) in [5, 5.41) is 10.2. The van der Waals surface area contributed by atoms with Gasteiger partial charge in [0.1, 0.15) is 0 Å². The Morgan fingerprint density at radius 2 is 1.74 bits per heavy atom. The predicted molar refractivity (Wildman–Crippen MR) is 88.5 cm³/mol. The van der Waals surface area contributed by atoms with Gasteiger partial charge >= 0.3 is 0 Å². The van der Waals surface area contributed by atoms with Crippen molar-refractivity contribution in [3.8, 4) is 0 Å². The normalized spacial score (nSPS) is 24.8. The van der Waals surface area contributed by atoms with Gasteiger partial charge in [0.15, 0.2) is 0 Å². The number of hydrogen-bond donors (Lipinski definition) is 1. The van der Waals surface area contributed by atoms with E-state index < -0.39 is 16.1 Å². The van der Waals surface area contributed by atoms with Crippen LogP contribution in [0.3, 0.4) is 0 Å². The first-order valence-electron chi connectivity index (χ1n) is 8.25. The van der Waals surface area contributed by atoms with Gasteiger partial charge in [-0.25, -0.2) is 8.42 Å². The molecule has 23 heavy (non-hydrogen) atoms. The van der Waals surface area contributed by atoms with E-state index in [4.69, 9.17) is 0 Å². The number of rotatable bonds is 4. The maximum absolute atomic E-state index is 12.3. The van der Waals surface area contributed by atoms with E-state index >= 15 is 0 Å². The molecule has 1 amide bonds. The molecule has 1 atom stereocenters. The Morgan fingerprint density at radius 1 is 1.13 bits per heavy atom.